The second-order valence-electron chi connectivity index (χ2n) is 4.10. The molecule has 2 aromatic rings. The molecule has 0 saturated carbocycles. The lowest BCUT2D eigenvalue weighted by Gasteiger charge is -2.10. The Labute approximate surface area is 106 Å². The molecule has 5 nitrogen and oxygen atoms in total. The molecule has 0 bridgehead atoms. The van der Waals surface area contributed by atoms with Crippen LogP contribution in [0.3, 0.4) is 0 Å². The van der Waals surface area contributed by atoms with Crippen molar-refractivity contribution in [1.82, 2.24) is 9.97 Å². The third kappa shape index (κ3) is 2.68. The lowest BCUT2D eigenvalue weighted by Crippen LogP contribution is -2.02. The van der Waals surface area contributed by atoms with Gasteiger partial charge in [-0.3, -0.25) is 0 Å². The first-order valence-electron chi connectivity index (χ1n) is 5.61. The van der Waals surface area contributed by atoms with Crippen molar-refractivity contribution >= 4 is 17.5 Å². The molecule has 3 N–H and O–H groups in total. The minimum Gasteiger partial charge on any atom is -0.481 e. The molecule has 1 heterocycles. The smallest absolute Gasteiger partial charge is 0.225 e. The van der Waals surface area contributed by atoms with E-state index in [0.717, 1.165) is 11.3 Å². The van der Waals surface area contributed by atoms with Gasteiger partial charge in [0.2, 0.25) is 11.8 Å². The molecule has 0 atom stereocenters. The fourth-order valence-corrected chi connectivity index (χ4v) is 1.70. The number of nitrogens with zero attached hydrogens (tertiary/aromatic N) is 2. The number of benzene rings is 1. The summed E-state index contributed by atoms with van der Waals surface area (Å²) in [5, 5.41) is 3.20. The van der Waals surface area contributed by atoms with E-state index in [0.29, 0.717) is 11.7 Å². The van der Waals surface area contributed by atoms with Gasteiger partial charge in [0.05, 0.1) is 7.11 Å². The molecule has 18 heavy (non-hydrogen) atoms. The minimum absolute atomic E-state index is 0.182. The third-order valence-corrected chi connectivity index (χ3v) is 2.57. The molecule has 0 amide bonds. The van der Waals surface area contributed by atoms with Crippen molar-refractivity contribution in [1.29, 1.82) is 0 Å². The second kappa shape index (κ2) is 4.91. The number of aromatic nitrogens is 2. The molecular weight excluding hydrogens is 228 g/mol. The van der Waals surface area contributed by atoms with Crippen LogP contribution in [0.25, 0.3) is 0 Å². The van der Waals surface area contributed by atoms with Crippen LogP contribution in [-0.4, -0.2) is 17.1 Å². The molecular formula is C13H16N4O. The van der Waals surface area contributed by atoms with Crippen molar-refractivity contribution in [2.75, 3.05) is 18.2 Å². The van der Waals surface area contributed by atoms with Crippen molar-refractivity contribution < 1.29 is 4.74 Å². The van der Waals surface area contributed by atoms with Gasteiger partial charge in [-0.05, 0) is 25.5 Å². The maximum atomic E-state index is 5.61. The Balaban J connectivity index is 2.30. The molecule has 94 valence electrons. The van der Waals surface area contributed by atoms with Crippen molar-refractivity contribution in [2.24, 2.45) is 0 Å². The molecule has 0 aliphatic heterocycles. The third-order valence-electron chi connectivity index (χ3n) is 2.57. The molecule has 1 aromatic heterocycles. The summed E-state index contributed by atoms with van der Waals surface area (Å²) in [5.41, 5.74) is 8.96. The summed E-state index contributed by atoms with van der Waals surface area (Å²) in [6.07, 6.45) is 0. The number of anilines is 3. The quantitative estimate of drug-likeness (QED) is 0.867. The van der Waals surface area contributed by atoms with Gasteiger partial charge in [-0.15, -0.1) is 0 Å². The van der Waals surface area contributed by atoms with Crippen LogP contribution in [0.15, 0.2) is 24.3 Å². The van der Waals surface area contributed by atoms with Crippen LogP contribution in [0.4, 0.5) is 17.5 Å². The first-order chi connectivity index (χ1) is 8.58. The highest BCUT2D eigenvalue weighted by molar-refractivity contribution is 5.62. The average Bonchev–Trinajstić information content (AvgIpc) is 2.32. The molecule has 5 heteroatoms. The van der Waals surface area contributed by atoms with Gasteiger partial charge in [-0.25, -0.2) is 0 Å². The fraction of sp³-hybridized carbons (Fsp3) is 0.231. The van der Waals surface area contributed by atoms with Crippen LogP contribution in [0, 0.1) is 13.8 Å². The predicted molar refractivity (Wildman–Crippen MR) is 72.2 cm³/mol. The Bertz CT molecular complexity index is 569. The Kier molecular flexibility index (Phi) is 3.32. The van der Waals surface area contributed by atoms with Gasteiger partial charge in [-0.1, -0.05) is 17.7 Å². The number of nitrogen functional groups attached to an aromatic ring is 1. The van der Waals surface area contributed by atoms with E-state index in [1.807, 2.05) is 19.1 Å². The second-order valence-corrected chi connectivity index (χ2v) is 4.10. The molecule has 0 saturated heterocycles. The van der Waals surface area contributed by atoms with Gasteiger partial charge in [0, 0.05) is 11.8 Å². The van der Waals surface area contributed by atoms with Gasteiger partial charge in [0.25, 0.3) is 0 Å². The van der Waals surface area contributed by atoms with E-state index < -0.39 is 0 Å². The lowest BCUT2D eigenvalue weighted by molar-refractivity contribution is 0.398. The van der Waals surface area contributed by atoms with Gasteiger partial charge >= 0.3 is 0 Å². The first kappa shape index (κ1) is 12.2. The molecule has 0 unspecified atom stereocenters. The summed E-state index contributed by atoms with van der Waals surface area (Å²) in [7, 11) is 1.54. The monoisotopic (exact) mass is 244 g/mol. The van der Waals surface area contributed by atoms with Gasteiger partial charge in [-0.2, -0.15) is 9.97 Å². The van der Waals surface area contributed by atoms with Crippen LogP contribution in [0.1, 0.15) is 11.1 Å². The summed E-state index contributed by atoms with van der Waals surface area (Å²) < 4.78 is 5.05. The Morgan fingerprint density at radius 2 is 1.94 bits per heavy atom. The number of nitrogens with one attached hydrogen (secondary N) is 1. The normalized spacial score (nSPS) is 10.2. The van der Waals surface area contributed by atoms with Crippen molar-refractivity contribution in [3.8, 4) is 5.88 Å². The zero-order chi connectivity index (χ0) is 13.1. The van der Waals surface area contributed by atoms with Crippen molar-refractivity contribution in [2.45, 2.75) is 13.8 Å². The highest BCUT2D eigenvalue weighted by Crippen LogP contribution is 2.22. The van der Waals surface area contributed by atoms with E-state index in [1.54, 1.807) is 13.2 Å². The van der Waals surface area contributed by atoms with Crippen LogP contribution in [0.2, 0.25) is 0 Å². The largest absolute Gasteiger partial charge is 0.481 e. The number of ether oxygens (including phenoxy) is 1. The van der Waals surface area contributed by atoms with E-state index in [2.05, 4.69) is 28.3 Å². The standard InChI is InChI=1S/C13H16N4O/c1-8-4-5-10(9(2)6-8)15-11-7-12(18-3)17-13(14)16-11/h4-7H,1-3H3,(H3,14,15,16,17). The number of hydrogen-bond donors (Lipinski definition) is 2. The number of nitrogens with two attached hydrogens (primary N) is 1. The van der Waals surface area contributed by atoms with Crippen LogP contribution >= 0.6 is 0 Å². The summed E-state index contributed by atoms with van der Waals surface area (Å²) in [6.45, 7) is 4.10. The van der Waals surface area contributed by atoms with Crippen LogP contribution in [0.5, 0.6) is 5.88 Å². The van der Waals surface area contributed by atoms with Gasteiger partial charge in [0.15, 0.2) is 0 Å². The highest BCUT2D eigenvalue weighted by Gasteiger charge is 2.04. The SMILES string of the molecule is COc1cc(Nc2ccc(C)cc2C)nc(N)n1. The molecule has 0 spiro atoms. The van der Waals surface area contributed by atoms with E-state index in [1.165, 1.54) is 5.56 Å². The molecule has 0 fully saturated rings. The maximum Gasteiger partial charge on any atom is 0.225 e. The Hall–Kier alpha value is -2.30. The van der Waals surface area contributed by atoms with Crippen LogP contribution in [-0.2, 0) is 0 Å². The highest BCUT2D eigenvalue weighted by atomic mass is 16.5. The molecule has 0 radical (unpaired) electrons. The Morgan fingerprint density at radius 1 is 1.17 bits per heavy atom. The van der Waals surface area contributed by atoms with E-state index in [-0.39, 0.29) is 5.95 Å². The number of hydrogen-bond acceptors (Lipinski definition) is 5. The first-order valence-corrected chi connectivity index (χ1v) is 5.61. The Morgan fingerprint density at radius 3 is 2.61 bits per heavy atom. The van der Waals surface area contributed by atoms with Gasteiger partial charge < -0.3 is 15.8 Å². The average molecular weight is 244 g/mol. The van der Waals surface area contributed by atoms with Crippen molar-refractivity contribution in [3.63, 3.8) is 0 Å². The van der Waals surface area contributed by atoms with Gasteiger partial charge in [0.1, 0.15) is 5.82 Å². The zero-order valence-corrected chi connectivity index (χ0v) is 10.7. The summed E-state index contributed by atoms with van der Waals surface area (Å²) in [4.78, 5) is 8.05. The summed E-state index contributed by atoms with van der Waals surface area (Å²) in [5.74, 6) is 1.24. The maximum absolute atomic E-state index is 5.61. The van der Waals surface area contributed by atoms with E-state index >= 15 is 0 Å². The lowest BCUT2D eigenvalue weighted by atomic mass is 10.1. The topological polar surface area (TPSA) is 73.1 Å². The van der Waals surface area contributed by atoms with E-state index in [4.69, 9.17) is 10.5 Å². The minimum atomic E-state index is 0.182. The molecule has 0 aliphatic rings. The summed E-state index contributed by atoms with van der Waals surface area (Å²) in [6, 6.07) is 7.85. The predicted octanol–water partition coefficient (Wildman–Crippen LogP) is 2.43. The summed E-state index contributed by atoms with van der Waals surface area (Å²) >= 11 is 0. The zero-order valence-electron chi connectivity index (χ0n) is 10.7. The molecule has 1 aromatic carbocycles. The van der Waals surface area contributed by atoms with Crippen LogP contribution < -0.4 is 15.8 Å². The number of rotatable bonds is 3. The fourth-order valence-electron chi connectivity index (χ4n) is 1.70. The molecule has 2 rings (SSSR count). The van der Waals surface area contributed by atoms with E-state index in [9.17, 15) is 0 Å². The molecule has 0 aliphatic carbocycles. The van der Waals surface area contributed by atoms with Crippen molar-refractivity contribution in [3.05, 3.63) is 35.4 Å². The number of aryl methyl sites for hydroxylation is 2. The number of methoxy groups -OCH3 is 1.